The van der Waals surface area contributed by atoms with Crippen molar-refractivity contribution in [1.82, 2.24) is 0 Å². The fourth-order valence-electron chi connectivity index (χ4n) is 6.63. The van der Waals surface area contributed by atoms with Crippen molar-refractivity contribution in [2.75, 3.05) is 13.2 Å². The molecule has 0 bridgehead atoms. The predicted molar refractivity (Wildman–Crippen MR) is 238 cm³/mol. The maximum atomic E-state index is 12.7. The van der Waals surface area contributed by atoms with Gasteiger partial charge in [0.15, 0.2) is 6.10 Å². The second-order valence-electron chi connectivity index (χ2n) is 15.7. The lowest BCUT2D eigenvalue weighted by atomic mass is 10.0. The first-order valence-corrected chi connectivity index (χ1v) is 23.7. The van der Waals surface area contributed by atoms with E-state index in [1.807, 2.05) is 36.5 Å². The fourth-order valence-corrected chi connectivity index (χ4v) is 6.63. The summed E-state index contributed by atoms with van der Waals surface area (Å²) in [7, 11) is 0. The zero-order valence-electron chi connectivity index (χ0n) is 36.9. The van der Waals surface area contributed by atoms with E-state index in [4.69, 9.17) is 14.2 Å². The molecule has 0 saturated heterocycles. The van der Waals surface area contributed by atoms with Crippen LogP contribution >= 0.6 is 0 Å². The van der Waals surface area contributed by atoms with Crippen molar-refractivity contribution in [2.24, 2.45) is 0 Å². The van der Waals surface area contributed by atoms with Gasteiger partial charge in [-0.05, 0) is 38.5 Å². The minimum absolute atomic E-state index is 0.0860. The SMILES string of the molecule is CC\C=C/C=C\C=C/C=C\CCCCCC(=O)OC(COC(=O)CCCCCCCCCCCCC)COC(=O)CCCCCCCCCCCCCCCC. The number of carbonyl (C=O) groups excluding carboxylic acids is 3. The van der Waals surface area contributed by atoms with Gasteiger partial charge in [-0.2, -0.15) is 0 Å². The predicted octanol–water partition coefficient (Wildman–Crippen LogP) is 15.1. The molecule has 0 saturated carbocycles. The summed E-state index contributed by atoms with van der Waals surface area (Å²) >= 11 is 0. The minimum atomic E-state index is -0.787. The van der Waals surface area contributed by atoms with Gasteiger partial charge in [0, 0.05) is 19.3 Å². The zero-order valence-corrected chi connectivity index (χ0v) is 36.9. The zero-order chi connectivity index (χ0) is 40.8. The van der Waals surface area contributed by atoms with Crippen LogP contribution in [0.2, 0.25) is 0 Å². The van der Waals surface area contributed by atoms with Crippen LogP contribution in [-0.2, 0) is 28.6 Å². The lowest BCUT2D eigenvalue weighted by molar-refractivity contribution is -0.167. The van der Waals surface area contributed by atoms with Gasteiger partial charge in [-0.1, -0.05) is 223 Å². The second-order valence-corrected chi connectivity index (χ2v) is 15.7. The molecule has 0 N–H and O–H groups in total. The van der Waals surface area contributed by atoms with Crippen molar-refractivity contribution in [3.8, 4) is 0 Å². The van der Waals surface area contributed by atoms with E-state index in [0.717, 1.165) is 70.6 Å². The van der Waals surface area contributed by atoms with Gasteiger partial charge >= 0.3 is 17.9 Å². The van der Waals surface area contributed by atoms with E-state index in [1.54, 1.807) is 0 Å². The summed E-state index contributed by atoms with van der Waals surface area (Å²) in [5, 5.41) is 0. The van der Waals surface area contributed by atoms with Gasteiger partial charge in [0.2, 0.25) is 0 Å². The van der Waals surface area contributed by atoms with Crippen molar-refractivity contribution in [2.45, 2.75) is 239 Å². The molecule has 0 rings (SSSR count). The number of unbranched alkanes of at least 4 members (excludes halogenated alkanes) is 26. The van der Waals surface area contributed by atoms with Crippen molar-refractivity contribution in [3.63, 3.8) is 0 Å². The molecular weight excluding hydrogens is 697 g/mol. The Balaban J connectivity index is 4.41. The van der Waals surface area contributed by atoms with Crippen LogP contribution in [0.3, 0.4) is 0 Å². The molecule has 6 heteroatoms. The molecule has 56 heavy (non-hydrogen) atoms. The molecular formula is C50H88O6. The van der Waals surface area contributed by atoms with E-state index < -0.39 is 6.10 Å². The maximum absolute atomic E-state index is 12.7. The first kappa shape index (κ1) is 53.4. The van der Waals surface area contributed by atoms with Gasteiger partial charge in [-0.25, -0.2) is 0 Å². The highest BCUT2D eigenvalue weighted by Gasteiger charge is 2.19. The third-order valence-corrected chi connectivity index (χ3v) is 10.2. The Labute approximate surface area is 346 Å². The third-order valence-electron chi connectivity index (χ3n) is 10.2. The summed E-state index contributed by atoms with van der Waals surface area (Å²) < 4.78 is 16.7. The molecule has 0 radical (unpaired) electrons. The van der Waals surface area contributed by atoms with Gasteiger partial charge < -0.3 is 14.2 Å². The van der Waals surface area contributed by atoms with E-state index in [0.29, 0.717) is 12.8 Å². The molecule has 0 aliphatic rings. The van der Waals surface area contributed by atoms with Crippen molar-refractivity contribution in [3.05, 3.63) is 48.6 Å². The van der Waals surface area contributed by atoms with Gasteiger partial charge in [-0.3, -0.25) is 14.4 Å². The smallest absolute Gasteiger partial charge is 0.306 e. The number of allylic oxidation sites excluding steroid dienone is 8. The molecule has 6 nitrogen and oxygen atoms in total. The molecule has 0 heterocycles. The Morgan fingerprint density at radius 3 is 1.09 bits per heavy atom. The van der Waals surface area contributed by atoms with E-state index in [2.05, 4.69) is 32.9 Å². The summed E-state index contributed by atoms with van der Waals surface area (Å²) in [6.45, 7) is 6.46. The van der Waals surface area contributed by atoms with Crippen LogP contribution in [0.25, 0.3) is 0 Å². The minimum Gasteiger partial charge on any atom is -0.462 e. The number of hydrogen-bond acceptors (Lipinski definition) is 6. The third kappa shape index (κ3) is 42.5. The number of ether oxygens (including phenoxy) is 3. The molecule has 0 amide bonds. The highest BCUT2D eigenvalue weighted by atomic mass is 16.6. The average Bonchev–Trinajstić information content (AvgIpc) is 3.19. The Hall–Kier alpha value is -2.63. The van der Waals surface area contributed by atoms with E-state index >= 15 is 0 Å². The molecule has 0 aliphatic carbocycles. The monoisotopic (exact) mass is 785 g/mol. The van der Waals surface area contributed by atoms with Crippen LogP contribution < -0.4 is 0 Å². The first-order valence-electron chi connectivity index (χ1n) is 23.7. The van der Waals surface area contributed by atoms with E-state index in [9.17, 15) is 14.4 Å². The van der Waals surface area contributed by atoms with Gasteiger partial charge in [0.05, 0.1) is 0 Å². The van der Waals surface area contributed by atoms with Crippen molar-refractivity contribution >= 4 is 17.9 Å². The van der Waals surface area contributed by atoms with E-state index in [-0.39, 0.29) is 37.5 Å². The normalized spacial score (nSPS) is 12.4. The van der Waals surface area contributed by atoms with E-state index in [1.165, 1.54) is 122 Å². The van der Waals surface area contributed by atoms with Crippen LogP contribution in [0.5, 0.6) is 0 Å². The molecule has 0 aliphatic heterocycles. The topological polar surface area (TPSA) is 78.9 Å². The Morgan fingerprint density at radius 1 is 0.375 bits per heavy atom. The summed E-state index contributed by atoms with van der Waals surface area (Å²) in [6, 6.07) is 0. The largest absolute Gasteiger partial charge is 0.462 e. The summed E-state index contributed by atoms with van der Waals surface area (Å²) in [5.74, 6) is -0.922. The van der Waals surface area contributed by atoms with Crippen LogP contribution in [0.4, 0.5) is 0 Å². The molecule has 0 aromatic heterocycles. The summed E-state index contributed by atoms with van der Waals surface area (Å²) in [4.78, 5) is 37.8. The van der Waals surface area contributed by atoms with Gasteiger partial charge in [0.25, 0.3) is 0 Å². The number of esters is 3. The highest BCUT2D eigenvalue weighted by Crippen LogP contribution is 2.15. The van der Waals surface area contributed by atoms with Crippen molar-refractivity contribution < 1.29 is 28.6 Å². The second kappa shape index (κ2) is 45.1. The molecule has 324 valence electrons. The highest BCUT2D eigenvalue weighted by molar-refractivity contribution is 5.71. The van der Waals surface area contributed by atoms with Gasteiger partial charge in [-0.15, -0.1) is 0 Å². The number of rotatable bonds is 42. The molecule has 0 aromatic carbocycles. The summed E-state index contributed by atoms with van der Waals surface area (Å²) in [5.41, 5.74) is 0. The Morgan fingerprint density at radius 2 is 0.696 bits per heavy atom. The quantitative estimate of drug-likeness (QED) is 0.0265. The Bertz CT molecular complexity index is 996. The molecule has 0 spiro atoms. The molecule has 1 unspecified atom stereocenters. The Kier molecular flexibility index (Phi) is 43.0. The maximum Gasteiger partial charge on any atom is 0.306 e. The number of hydrogen-bond donors (Lipinski definition) is 0. The van der Waals surface area contributed by atoms with Gasteiger partial charge in [0.1, 0.15) is 13.2 Å². The molecule has 0 aromatic rings. The van der Waals surface area contributed by atoms with Crippen LogP contribution in [0.1, 0.15) is 233 Å². The molecule has 1 atom stereocenters. The summed E-state index contributed by atoms with van der Waals surface area (Å²) in [6.07, 6.45) is 52.3. The lowest BCUT2D eigenvalue weighted by Gasteiger charge is -2.18. The standard InChI is InChI=1S/C50H88O6/c1-4-7-10-13-16-19-22-24-26-28-31-34-37-40-43-49(52)55-46-47(45-54-48(51)42-39-36-33-30-27-21-18-15-12-9-6-3)56-50(53)44-41-38-35-32-29-25-23-20-17-14-11-8-5-2/h8,11,14,17,20,23,25,29,47H,4-7,9-10,12-13,15-16,18-19,21-22,24,26-28,30-46H2,1-3H3/b11-8-,17-14-,23-20-,29-25-. The number of carbonyl (C=O) groups is 3. The molecule has 0 fully saturated rings. The first-order chi connectivity index (χ1) is 27.5. The average molecular weight is 785 g/mol. The van der Waals surface area contributed by atoms with Crippen LogP contribution in [-0.4, -0.2) is 37.2 Å². The van der Waals surface area contributed by atoms with Crippen LogP contribution in [0.15, 0.2) is 48.6 Å². The fraction of sp³-hybridized carbons (Fsp3) is 0.780. The lowest BCUT2D eigenvalue weighted by Crippen LogP contribution is -2.30. The van der Waals surface area contributed by atoms with Crippen molar-refractivity contribution in [1.29, 1.82) is 0 Å². The van der Waals surface area contributed by atoms with Crippen LogP contribution in [0, 0.1) is 0 Å².